The maximum absolute atomic E-state index is 14.0. The second-order valence-corrected chi connectivity index (χ2v) is 7.96. The van der Waals surface area contributed by atoms with Gasteiger partial charge in [-0.25, -0.2) is 4.39 Å². The molecule has 0 aromatic rings. The van der Waals surface area contributed by atoms with E-state index in [1.54, 1.807) is 0 Å². The molecule has 5 unspecified atom stereocenters. The molecule has 1 saturated carbocycles. The normalized spacial score (nSPS) is 33.4. The van der Waals surface area contributed by atoms with E-state index < -0.39 is 6.17 Å². The fourth-order valence-electron chi connectivity index (χ4n) is 4.11. The Hall–Kier alpha value is -0.150. The quantitative estimate of drug-likeness (QED) is 0.611. The van der Waals surface area contributed by atoms with E-state index in [0.29, 0.717) is 18.3 Å². The zero-order valence-corrected chi connectivity index (χ0v) is 15.0. The maximum Gasteiger partial charge on any atom is 0.103 e. The lowest BCUT2D eigenvalue weighted by Crippen LogP contribution is -2.34. The summed E-state index contributed by atoms with van der Waals surface area (Å²) in [6, 6.07) is 0. The summed E-state index contributed by atoms with van der Waals surface area (Å²) in [6.07, 6.45) is 5.59. The lowest BCUT2D eigenvalue weighted by atomic mass is 9.70. The van der Waals surface area contributed by atoms with E-state index in [1.165, 1.54) is 0 Å². The summed E-state index contributed by atoms with van der Waals surface area (Å²) in [7, 11) is 0. The van der Waals surface area contributed by atoms with Crippen molar-refractivity contribution >= 4 is 0 Å². The van der Waals surface area contributed by atoms with Crippen LogP contribution in [0.1, 0.15) is 72.6 Å². The Labute approximate surface area is 136 Å². The summed E-state index contributed by atoms with van der Waals surface area (Å²) >= 11 is 0. The average Bonchev–Trinajstić information content (AvgIpc) is 2.48. The number of aliphatic hydroxyl groups is 2. The van der Waals surface area contributed by atoms with E-state index in [2.05, 4.69) is 20.8 Å². The molecule has 0 aliphatic heterocycles. The van der Waals surface area contributed by atoms with Crippen LogP contribution in [-0.4, -0.2) is 29.1 Å². The van der Waals surface area contributed by atoms with Crippen LogP contribution >= 0.6 is 0 Å². The number of aliphatic hydroxyl groups excluding tert-OH is 2. The van der Waals surface area contributed by atoms with E-state index in [1.807, 2.05) is 6.92 Å². The molecule has 1 fully saturated rings. The lowest BCUT2D eigenvalue weighted by Gasteiger charge is -2.37. The monoisotopic (exact) mass is 316 g/mol. The molecule has 7 atom stereocenters. The SMILES string of the molecule is CC1C[C@@H](C)C(F)CC1C[C@@H](C)C(O)C(C)CCCCCO. The minimum absolute atomic E-state index is 0.192. The van der Waals surface area contributed by atoms with Gasteiger partial charge >= 0.3 is 0 Å². The highest BCUT2D eigenvalue weighted by Gasteiger charge is 2.34. The molecule has 3 heteroatoms. The topological polar surface area (TPSA) is 40.5 Å². The van der Waals surface area contributed by atoms with Crippen molar-refractivity contribution in [2.24, 2.45) is 29.6 Å². The van der Waals surface area contributed by atoms with E-state index in [0.717, 1.165) is 38.5 Å². The van der Waals surface area contributed by atoms with E-state index in [-0.39, 0.29) is 30.5 Å². The first-order valence-electron chi connectivity index (χ1n) is 9.29. The Bertz CT molecular complexity index is 297. The Balaban J connectivity index is 2.37. The first-order valence-corrected chi connectivity index (χ1v) is 9.29. The van der Waals surface area contributed by atoms with Gasteiger partial charge < -0.3 is 10.2 Å². The largest absolute Gasteiger partial charge is 0.396 e. The van der Waals surface area contributed by atoms with Crippen molar-refractivity contribution in [1.82, 2.24) is 0 Å². The highest BCUT2D eigenvalue weighted by molar-refractivity contribution is 4.84. The number of hydrogen-bond acceptors (Lipinski definition) is 2. The van der Waals surface area contributed by atoms with Gasteiger partial charge in [0, 0.05) is 6.61 Å². The first-order chi connectivity index (χ1) is 10.4. The molecule has 2 N–H and O–H groups in total. The van der Waals surface area contributed by atoms with Crippen molar-refractivity contribution in [2.75, 3.05) is 6.61 Å². The summed E-state index contributed by atoms with van der Waals surface area (Å²) in [5.41, 5.74) is 0. The van der Waals surface area contributed by atoms with Crippen LogP contribution in [0, 0.1) is 29.6 Å². The molecule has 0 amide bonds. The molecule has 0 spiro atoms. The third-order valence-corrected chi connectivity index (χ3v) is 5.85. The van der Waals surface area contributed by atoms with E-state index in [9.17, 15) is 9.50 Å². The van der Waals surface area contributed by atoms with Gasteiger partial charge in [-0.05, 0) is 61.7 Å². The van der Waals surface area contributed by atoms with E-state index in [4.69, 9.17) is 5.11 Å². The number of alkyl halides is 1. The van der Waals surface area contributed by atoms with Crippen molar-refractivity contribution in [3.8, 4) is 0 Å². The molecule has 0 aromatic carbocycles. The third-order valence-electron chi connectivity index (χ3n) is 5.85. The summed E-state index contributed by atoms with van der Waals surface area (Å²) in [5, 5.41) is 19.3. The Morgan fingerprint density at radius 1 is 1.00 bits per heavy atom. The molecule has 132 valence electrons. The Morgan fingerprint density at radius 2 is 1.68 bits per heavy atom. The van der Waals surface area contributed by atoms with Gasteiger partial charge in [-0.3, -0.25) is 0 Å². The fourth-order valence-corrected chi connectivity index (χ4v) is 4.11. The summed E-state index contributed by atoms with van der Waals surface area (Å²) < 4.78 is 14.0. The molecule has 0 radical (unpaired) electrons. The van der Waals surface area contributed by atoms with E-state index >= 15 is 0 Å². The van der Waals surface area contributed by atoms with Gasteiger partial charge in [0.15, 0.2) is 0 Å². The van der Waals surface area contributed by atoms with Gasteiger partial charge in [0.2, 0.25) is 0 Å². The van der Waals surface area contributed by atoms with Crippen LogP contribution in [0.25, 0.3) is 0 Å². The van der Waals surface area contributed by atoms with Crippen molar-refractivity contribution in [1.29, 1.82) is 0 Å². The van der Waals surface area contributed by atoms with Crippen LogP contribution in [0.3, 0.4) is 0 Å². The van der Waals surface area contributed by atoms with Crippen LogP contribution in [0.2, 0.25) is 0 Å². The van der Waals surface area contributed by atoms with Crippen LogP contribution in [0.4, 0.5) is 4.39 Å². The molecule has 1 rings (SSSR count). The molecule has 0 heterocycles. The van der Waals surface area contributed by atoms with Gasteiger partial charge in [0.25, 0.3) is 0 Å². The summed E-state index contributed by atoms with van der Waals surface area (Å²) in [4.78, 5) is 0. The molecule has 0 aromatic heterocycles. The number of unbranched alkanes of at least 4 members (excludes halogenated alkanes) is 2. The lowest BCUT2D eigenvalue weighted by molar-refractivity contribution is 0.0246. The van der Waals surface area contributed by atoms with Crippen LogP contribution in [-0.2, 0) is 0 Å². The minimum Gasteiger partial charge on any atom is -0.396 e. The molecular weight excluding hydrogens is 279 g/mol. The highest BCUT2D eigenvalue weighted by atomic mass is 19.1. The van der Waals surface area contributed by atoms with Crippen molar-refractivity contribution < 1.29 is 14.6 Å². The predicted molar refractivity (Wildman–Crippen MR) is 90.5 cm³/mol. The second kappa shape index (κ2) is 9.87. The Morgan fingerprint density at radius 3 is 2.32 bits per heavy atom. The van der Waals surface area contributed by atoms with Gasteiger partial charge in [0.1, 0.15) is 6.17 Å². The van der Waals surface area contributed by atoms with Crippen LogP contribution in [0.5, 0.6) is 0 Å². The minimum atomic E-state index is -0.665. The number of halogens is 1. The number of hydrogen-bond donors (Lipinski definition) is 2. The average molecular weight is 317 g/mol. The third kappa shape index (κ3) is 6.16. The summed E-state index contributed by atoms with van der Waals surface area (Å²) in [5.74, 6) is 1.69. The van der Waals surface area contributed by atoms with Crippen molar-refractivity contribution in [3.63, 3.8) is 0 Å². The molecule has 1 aliphatic rings. The van der Waals surface area contributed by atoms with Crippen molar-refractivity contribution in [2.45, 2.75) is 84.9 Å². The van der Waals surface area contributed by atoms with Gasteiger partial charge in [-0.1, -0.05) is 40.5 Å². The van der Waals surface area contributed by atoms with Gasteiger partial charge in [-0.2, -0.15) is 0 Å². The van der Waals surface area contributed by atoms with Crippen LogP contribution in [0.15, 0.2) is 0 Å². The predicted octanol–water partition coefficient (Wildman–Crippen LogP) is 4.58. The first kappa shape index (κ1) is 19.9. The smallest absolute Gasteiger partial charge is 0.103 e. The van der Waals surface area contributed by atoms with Crippen molar-refractivity contribution in [3.05, 3.63) is 0 Å². The highest BCUT2D eigenvalue weighted by Crippen LogP contribution is 2.39. The molecule has 0 saturated heterocycles. The molecule has 22 heavy (non-hydrogen) atoms. The molecule has 0 bridgehead atoms. The standard InChI is InChI=1S/C19H37FO2/c1-13(8-6-5-7-9-21)19(22)16(4)11-17-12-18(20)15(3)10-14(17)2/h13-19,21-22H,5-12H2,1-4H3/t13?,14?,15-,16-,17?,18?,19?/m1/s1. The second-order valence-electron chi connectivity index (χ2n) is 7.96. The fraction of sp³-hybridized carbons (Fsp3) is 1.00. The van der Waals surface area contributed by atoms with Crippen LogP contribution < -0.4 is 0 Å². The van der Waals surface area contributed by atoms with Gasteiger partial charge in [0.05, 0.1) is 6.10 Å². The number of rotatable bonds is 9. The molecule has 1 aliphatic carbocycles. The zero-order chi connectivity index (χ0) is 16.7. The Kier molecular flexibility index (Phi) is 8.93. The molecular formula is C19H37FO2. The molecule has 2 nitrogen and oxygen atoms in total. The van der Waals surface area contributed by atoms with Gasteiger partial charge in [-0.15, -0.1) is 0 Å². The maximum atomic E-state index is 14.0. The zero-order valence-electron chi connectivity index (χ0n) is 15.0. The summed E-state index contributed by atoms with van der Waals surface area (Å²) in [6.45, 7) is 8.75.